The average Bonchev–Trinajstić information content (AvgIpc) is 0.726. The van der Waals surface area contributed by atoms with Crippen LogP contribution in [-0.4, -0.2) is 175 Å². The van der Waals surface area contributed by atoms with Crippen LogP contribution in [0.5, 0.6) is 0 Å². The third-order valence-electron chi connectivity index (χ3n) is 36.8. The fraction of sp³-hybridized carbons (Fsp3) is 0.867. The van der Waals surface area contributed by atoms with Gasteiger partial charge in [0.1, 0.15) is 23.4 Å². The van der Waals surface area contributed by atoms with Crippen LogP contribution in [0.4, 0.5) is 0 Å². The molecule has 0 spiro atoms. The van der Waals surface area contributed by atoms with Gasteiger partial charge in [0.25, 0.3) is 0 Å². The SMILES string of the molecule is CCOC(=O)C12CC3CC(C1)C(OC(C)=O)C(C3)C2.CCOC(=O)C12CC3CC(CC(COC(C)=O)(C3)C1)C2.CCOC(=O)C12CC3CC(CC(OC(C)=O)(C3)C1)C2.CCOC(=O)C1C2CC3CC1CC(COC(C)=O)(C3)C2.COC(=O)C12CC3CC(C1)C(OC(C)=O)C(C3)C2.COC(=O)C12CC3CC(CC(COC(C)=O)(C3)C1)C2.COC(=O)C12CC3CC(CC(OC(C)=O)(C3)C1)C2. The number of rotatable bonds is 21. The van der Waals surface area contributed by atoms with E-state index in [1.807, 2.05) is 27.7 Å². The number of hydrogen-bond acceptors (Lipinski definition) is 28. The lowest BCUT2D eigenvalue weighted by Crippen LogP contribution is -2.59. The molecule has 28 saturated carbocycles. The summed E-state index contributed by atoms with van der Waals surface area (Å²) in [5.74, 6) is 7.11. The number of esters is 14. The maximum Gasteiger partial charge on any atom is 0.312 e. The molecule has 0 radical (unpaired) electrons. The summed E-state index contributed by atoms with van der Waals surface area (Å²) in [6.07, 6.45) is 38.9. The molecule has 0 amide bonds. The maximum atomic E-state index is 12.4. The molecule has 0 saturated heterocycles. The van der Waals surface area contributed by atoms with Crippen LogP contribution in [0.3, 0.4) is 0 Å². The molecule has 742 valence electrons. The molecule has 0 aromatic carbocycles. The molecule has 0 N–H and O–H groups in total. The summed E-state index contributed by atoms with van der Waals surface area (Å²) in [4.78, 5) is 164. The van der Waals surface area contributed by atoms with Crippen molar-refractivity contribution in [3.8, 4) is 0 Å². The fourth-order valence-corrected chi connectivity index (χ4v) is 35.9. The predicted molar refractivity (Wildman–Crippen MR) is 477 cm³/mol. The smallest absolute Gasteiger partial charge is 0.312 e. The molecule has 0 aromatic heterocycles. The first-order valence-corrected chi connectivity index (χ1v) is 51.1. The minimum absolute atomic E-state index is 0.00364. The van der Waals surface area contributed by atoms with Crippen molar-refractivity contribution >= 4 is 83.6 Å². The van der Waals surface area contributed by atoms with Crippen LogP contribution in [0.2, 0.25) is 0 Å². The highest BCUT2D eigenvalue weighted by Crippen LogP contribution is 2.71. The van der Waals surface area contributed by atoms with Crippen LogP contribution < -0.4 is 0 Å². The summed E-state index contributed by atoms with van der Waals surface area (Å²) in [6.45, 7) is 21.0. The Morgan fingerprint density at radius 3 is 0.797 bits per heavy atom. The lowest BCUT2D eigenvalue weighted by molar-refractivity contribution is -0.211. The first-order valence-electron chi connectivity index (χ1n) is 51.1. The second-order valence-electron chi connectivity index (χ2n) is 47.4. The van der Waals surface area contributed by atoms with E-state index in [4.69, 9.17) is 66.3 Å². The summed E-state index contributed by atoms with van der Waals surface area (Å²) in [6, 6.07) is 0. The minimum Gasteiger partial charge on any atom is -0.469 e. The minimum atomic E-state index is -0.386. The number of methoxy groups -OCH3 is 3. The lowest BCUT2D eigenvalue weighted by Gasteiger charge is -2.60. The van der Waals surface area contributed by atoms with E-state index in [0.29, 0.717) is 160 Å². The van der Waals surface area contributed by atoms with E-state index in [1.165, 1.54) is 102 Å². The molecular formula is C105H154O28. The van der Waals surface area contributed by atoms with Gasteiger partial charge >= 0.3 is 83.6 Å². The van der Waals surface area contributed by atoms with Gasteiger partial charge in [-0.1, -0.05) is 0 Å². The van der Waals surface area contributed by atoms with Crippen LogP contribution in [0.25, 0.3) is 0 Å². The summed E-state index contributed by atoms with van der Waals surface area (Å²) in [5, 5.41) is 0. The van der Waals surface area contributed by atoms with Crippen molar-refractivity contribution < 1.29 is 133 Å². The van der Waals surface area contributed by atoms with Crippen LogP contribution in [0.15, 0.2) is 0 Å². The van der Waals surface area contributed by atoms with Crippen LogP contribution >= 0.6 is 0 Å². The number of ether oxygens (including phenoxy) is 14. The molecular weight excluding hydrogens is 1710 g/mol. The van der Waals surface area contributed by atoms with E-state index in [-0.39, 0.29) is 162 Å². The van der Waals surface area contributed by atoms with Gasteiger partial charge in [0, 0.05) is 77.6 Å². The van der Waals surface area contributed by atoms with E-state index < -0.39 is 0 Å². The van der Waals surface area contributed by atoms with E-state index in [1.54, 1.807) is 0 Å². The first kappa shape index (κ1) is 100. The Kier molecular flexibility index (Phi) is 29.4. The maximum absolute atomic E-state index is 12.4. The highest BCUT2D eigenvalue weighted by Gasteiger charge is 2.69. The molecule has 28 rings (SSSR count). The van der Waals surface area contributed by atoms with E-state index in [2.05, 4.69) is 0 Å². The predicted octanol–water partition coefficient (Wildman–Crippen LogP) is 16.3. The summed E-state index contributed by atoms with van der Waals surface area (Å²) < 4.78 is 74.5. The summed E-state index contributed by atoms with van der Waals surface area (Å²) in [5.41, 5.74) is -2.46. The topological polar surface area (TPSA) is 368 Å². The van der Waals surface area contributed by atoms with Crippen molar-refractivity contribution in [2.45, 2.75) is 350 Å². The molecule has 28 heteroatoms. The Bertz CT molecular complexity index is 4280. The molecule has 0 heterocycles. The highest BCUT2D eigenvalue weighted by atomic mass is 16.6. The Morgan fingerprint density at radius 2 is 0.489 bits per heavy atom. The molecule has 14 unspecified atom stereocenters. The van der Waals surface area contributed by atoms with Crippen molar-refractivity contribution in [1.82, 2.24) is 0 Å². The van der Waals surface area contributed by atoms with E-state index in [9.17, 15) is 67.1 Å². The summed E-state index contributed by atoms with van der Waals surface area (Å²) >= 11 is 0. The molecule has 28 aliphatic rings. The Hall–Kier alpha value is -7.42. The van der Waals surface area contributed by atoms with Crippen LogP contribution in [0.1, 0.15) is 327 Å². The fourth-order valence-electron chi connectivity index (χ4n) is 35.9. The van der Waals surface area contributed by atoms with Gasteiger partial charge in [0.05, 0.1) is 106 Å². The van der Waals surface area contributed by atoms with Crippen LogP contribution in [0, 0.1) is 155 Å². The van der Waals surface area contributed by atoms with Crippen molar-refractivity contribution in [2.75, 3.05) is 67.6 Å². The van der Waals surface area contributed by atoms with E-state index >= 15 is 0 Å². The molecule has 28 nitrogen and oxygen atoms in total. The summed E-state index contributed by atoms with van der Waals surface area (Å²) in [7, 11) is 4.42. The van der Waals surface area contributed by atoms with Crippen molar-refractivity contribution in [3.63, 3.8) is 0 Å². The molecule has 28 aliphatic carbocycles. The third-order valence-corrected chi connectivity index (χ3v) is 36.8. The Morgan fingerprint density at radius 1 is 0.233 bits per heavy atom. The Balaban J connectivity index is 0.000000119. The van der Waals surface area contributed by atoms with Gasteiger partial charge in [0.2, 0.25) is 0 Å². The molecule has 28 bridgehead atoms. The standard InChI is InChI=1S/2C16H24O4.3C15H22O4.2C14H20O4/c1-3-19-14(18)16-7-12-4-13(8-16)6-15(5-12,9-16)10-20-11(2)17;1-3-19-15(18)14-12-4-11-5-13(14)8-16(6-11,7-12)9-20-10(2)17;1-10(16)19-9-14-4-11-3-12(5-14)7-15(6-11,8-14)13(17)18-2;1-3-18-13(17)14-5-11-4-12(6-14)8-15(7-11,9-14)19-10(2)16;1-3-18-14(17)15-6-10-4-11(7-15)13(19-9(2)16)12(5-10)8-15;1-9(15)18-14-6-10-3-11(7-14)5-13(4-10,8-14)12(16)17-2;1-8(15)18-12-10-3-9-4-11(12)7-14(5-9,6-10)13(16)17-2/h12-13H,3-10H2,1-2H3;11-14H,3-9H2,1-2H3;2*11-12H,3-9H2,1-2H3;10-13H,3-8H2,1-2H3;10-11H,3-8H2,1-2H3;9-12H,3-7H2,1-2H3. The quantitative estimate of drug-likeness (QED) is 0.0761. The van der Waals surface area contributed by atoms with Gasteiger partial charge in [-0.3, -0.25) is 67.1 Å². The van der Waals surface area contributed by atoms with Gasteiger partial charge in [-0.15, -0.1) is 0 Å². The number of carbonyl (C=O) groups excluding carboxylic acids is 14. The lowest BCUT2D eigenvalue weighted by atomic mass is 9.44. The van der Waals surface area contributed by atoms with Gasteiger partial charge in [-0.25, -0.2) is 0 Å². The van der Waals surface area contributed by atoms with Crippen LogP contribution in [-0.2, 0) is 133 Å². The van der Waals surface area contributed by atoms with E-state index in [0.717, 1.165) is 205 Å². The molecule has 14 atom stereocenters. The zero-order valence-corrected chi connectivity index (χ0v) is 82.0. The second-order valence-corrected chi connectivity index (χ2v) is 47.4. The molecule has 133 heavy (non-hydrogen) atoms. The highest BCUT2D eigenvalue weighted by molar-refractivity contribution is 5.82. The largest absolute Gasteiger partial charge is 0.469 e. The second kappa shape index (κ2) is 39.1. The number of hydrogen-bond donors (Lipinski definition) is 0. The normalized spacial score (nSPS) is 43.1. The number of carbonyl (C=O) groups is 14. The van der Waals surface area contributed by atoms with Crippen molar-refractivity contribution in [1.29, 1.82) is 0 Å². The first-order chi connectivity index (χ1) is 63.0. The van der Waals surface area contributed by atoms with Gasteiger partial charge in [0.15, 0.2) is 0 Å². The molecule has 28 fully saturated rings. The zero-order valence-electron chi connectivity index (χ0n) is 82.0. The monoisotopic (exact) mass is 1860 g/mol. The molecule has 0 aromatic rings. The molecule has 0 aliphatic heterocycles. The zero-order chi connectivity index (χ0) is 95.6. The van der Waals surface area contributed by atoms with Gasteiger partial charge in [-0.2, -0.15) is 0 Å². The van der Waals surface area contributed by atoms with Gasteiger partial charge in [-0.05, 0) is 366 Å². The van der Waals surface area contributed by atoms with Gasteiger partial charge < -0.3 is 66.3 Å². The van der Waals surface area contributed by atoms with Crippen molar-refractivity contribution in [2.24, 2.45) is 155 Å². The third kappa shape index (κ3) is 20.9. The Labute approximate surface area is 785 Å². The van der Waals surface area contributed by atoms with Crippen molar-refractivity contribution in [3.05, 3.63) is 0 Å². The average molecular weight is 1860 g/mol.